The maximum absolute atomic E-state index is 13.2. The number of carbonyl (C=O) groups excluding carboxylic acids is 2. The fourth-order valence-corrected chi connectivity index (χ4v) is 4.98. The number of thiophene rings is 1. The molecule has 1 aliphatic heterocycles. The number of carbonyl (C=O) groups is 2. The maximum atomic E-state index is 13.2. The van der Waals surface area contributed by atoms with E-state index in [2.05, 4.69) is 5.32 Å². The van der Waals surface area contributed by atoms with E-state index in [9.17, 15) is 9.59 Å². The summed E-state index contributed by atoms with van der Waals surface area (Å²) >= 11 is 1.71. The molecule has 2 heterocycles. The minimum atomic E-state index is -0.277. The first-order chi connectivity index (χ1) is 16.7. The fraction of sp³-hybridized carbons (Fsp3) is 0.143. The Hall–Kier alpha value is -3.90. The van der Waals surface area contributed by atoms with E-state index in [1.54, 1.807) is 53.8 Å². The number of fused-ring (bicyclic) bond motifs is 1. The molecule has 5 nitrogen and oxygen atoms in total. The first-order valence-electron chi connectivity index (χ1n) is 11.3. The second-order valence-electron chi connectivity index (χ2n) is 8.09. The lowest BCUT2D eigenvalue weighted by Crippen LogP contribution is -2.31. The third kappa shape index (κ3) is 4.72. The van der Waals surface area contributed by atoms with Crippen LogP contribution in [0.25, 0.3) is 0 Å². The summed E-state index contributed by atoms with van der Waals surface area (Å²) in [7, 11) is 0. The Balaban J connectivity index is 1.30. The van der Waals surface area contributed by atoms with Crippen LogP contribution in [0.2, 0.25) is 0 Å². The van der Waals surface area contributed by atoms with Gasteiger partial charge in [0.2, 0.25) is 0 Å². The fourth-order valence-electron chi connectivity index (χ4n) is 4.06. The molecule has 6 heteroatoms. The van der Waals surface area contributed by atoms with E-state index in [4.69, 9.17) is 4.74 Å². The number of anilines is 2. The predicted octanol–water partition coefficient (Wildman–Crippen LogP) is 6.78. The molecule has 0 fully saturated rings. The molecule has 0 radical (unpaired) electrons. The van der Waals surface area contributed by atoms with Crippen LogP contribution in [0.1, 0.15) is 38.4 Å². The highest BCUT2D eigenvalue weighted by molar-refractivity contribution is 7.10. The number of ether oxygens (including phenoxy) is 1. The number of hydrogen-bond acceptors (Lipinski definition) is 4. The van der Waals surface area contributed by atoms with Crippen molar-refractivity contribution in [1.29, 1.82) is 0 Å². The van der Waals surface area contributed by atoms with E-state index >= 15 is 0 Å². The minimum absolute atomic E-state index is 0.0129. The van der Waals surface area contributed by atoms with Gasteiger partial charge >= 0.3 is 0 Å². The van der Waals surface area contributed by atoms with E-state index < -0.39 is 0 Å². The van der Waals surface area contributed by atoms with Crippen molar-refractivity contribution in [1.82, 2.24) is 0 Å². The topological polar surface area (TPSA) is 58.6 Å². The SMILES string of the molecule is O=C(Nc1ccc(C(=O)N2CCCCc3sccc32)cc1)c1ccccc1Oc1ccccc1. The molecule has 0 unspecified atom stereocenters. The first kappa shape index (κ1) is 21.9. The van der Waals surface area contributed by atoms with Crippen molar-refractivity contribution in [2.45, 2.75) is 19.3 Å². The highest BCUT2D eigenvalue weighted by atomic mass is 32.1. The summed E-state index contributed by atoms with van der Waals surface area (Å²) < 4.78 is 5.91. The summed E-state index contributed by atoms with van der Waals surface area (Å²) in [6, 6.07) is 25.6. The van der Waals surface area contributed by atoms with Crippen LogP contribution in [0.15, 0.2) is 90.3 Å². The van der Waals surface area contributed by atoms with E-state index in [1.807, 2.05) is 52.7 Å². The van der Waals surface area contributed by atoms with Crippen LogP contribution in [0.4, 0.5) is 11.4 Å². The molecule has 2 amide bonds. The number of hydrogen-bond donors (Lipinski definition) is 1. The van der Waals surface area contributed by atoms with Gasteiger partial charge in [0, 0.05) is 22.7 Å². The molecular weight excluding hydrogens is 444 g/mol. The third-order valence-electron chi connectivity index (χ3n) is 5.79. The number of rotatable bonds is 5. The molecule has 0 atom stereocenters. The summed E-state index contributed by atoms with van der Waals surface area (Å²) in [6.45, 7) is 0.721. The van der Waals surface area contributed by atoms with Crippen molar-refractivity contribution in [3.8, 4) is 11.5 Å². The van der Waals surface area contributed by atoms with Gasteiger partial charge < -0.3 is 15.0 Å². The first-order valence-corrected chi connectivity index (χ1v) is 12.2. The summed E-state index contributed by atoms with van der Waals surface area (Å²) in [6.07, 6.45) is 3.11. The van der Waals surface area contributed by atoms with Gasteiger partial charge in [-0.25, -0.2) is 0 Å². The monoisotopic (exact) mass is 468 g/mol. The third-order valence-corrected chi connectivity index (χ3v) is 6.76. The van der Waals surface area contributed by atoms with Gasteiger partial charge in [-0.2, -0.15) is 0 Å². The van der Waals surface area contributed by atoms with Gasteiger partial charge in [-0.3, -0.25) is 9.59 Å². The Morgan fingerprint density at radius 1 is 0.853 bits per heavy atom. The molecule has 0 spiro atoms. The average molecular weight is 469 g/mol. The van der Waals surface area contributed by atoms with Crippen molar-refractivity contribution >= 4 is 34.5 Å². The number of nitrogens with zero attached hydrogens (tertiary/aromatic N) is 1. The van der Waals surface area contributed by atoms with Crippen molar-refractivity contribution < 1.29 is 14.3 Å². The van der Waals surface area contributed by atoms with Crippen LogP contribution in [-0.4, -0.2) is 18.4 Å². The second-order valence-corrected chi connectivity index (χ2v) is 9.09. The zero-order valence-electron chi connectivity index (χ0n) is 18.6. The normalized spacial score (nSPS) is 13.0. The van der Waals surface area contributed by atoms with Crippen LogP contribution in [0.5, 0.6) is 11.5 Å². The van der Waals surface area contributed by atoms with Crippen LogP contribution in [0, 0.1) is 0 Å². The van der Waals surface area contributed by atoms with Gasteiger partial charge in [-0.05, 0) is 79.2 Å². The number of aryl methyl sites for hydroxylation is 1. The lowest BCUT2D eigenvalue weighted by Gasteiger charge is -2.21. The lowest BCUT2D eigenvalue weighted by molar-refractivity contribution is 0.0985. The quantitative estimate of drug-likeness (QED) is 0.351. The Bertz CT molecular complexity index is 1300. The molecule has 1 aromatic heterocycles. The molecule has 34 heavy (non-hydrogen) atoms. The highest BCUT2D eigenvalue weighted by Crippen LogP contribution is 2.32. The van der Waals surface area contributed by atoms with Crippen molar-refractivity contribution in [3.05, 3.63) is 106 Å². The molecule has 0 bridgehead atoms. The smallest absolute Gasteiger partial charge is 0.259 e. The minimum Gasteiger partial charge on any atom is -0.457 e. The molecule has 170 valence electrons. The van der Waals surface area contributed by atoms with Crippen LogP contribution >= 0.6 is 11.3 Å². The van der Waals surface area contributed by atoms with Crippen molar-refractivity contribution in [2.75, 3.05) is 16.8 Å². The van der Waals surface area contributed by atoms with Gasteiger partial charge in [0.25, 0.3) is 11.8 Å². The molecule has 1 aliphatic rings. The summed E-state index contributed by atoms with van der Waals surface area (Å²) in [5.74, 6) is 0.848. The van der Waals surface area contributed by atoms with Gasteiger partial charge in [0.15, 0.2) is 0 Å². The molecule has 5 rings (SSSR count). The Morgan fingerprint density at radius 2 is 1.62 bits per heavy atom. The molecule has 4 aromatic rings. The van der Waals surface area contributed by atoms with E-state index in [0.29, 0.717) is 28.3 Å². The summed E-state index contributed by atoms with van der Waals surface area (Å²) in [5.41, 5.74) is 2.67. The van der Waals surface area contributed by atoms with Crippen LogP contribution in [0.3, 0.4) is 0 Å². The second kappa shape index (κ2) is 9.93. The van der Waals surface area contributed by atoms with E-state index in [1.165, 1.54) is 4.88 Å². The Labute approximate surface area is 202 Å². The molecule has 0 aliphatic carbocycles. The number of para-hydroxylation sites is 2. The number of nitrogens with one attached hydrogen (secondary N) is 1. The standard InChI is InChI=1S/C28H24N2O3S/c31-27(23-10-4-5-11-25(23)33-22-8-2-1-3-9-22)29-21-15-13-20(14-16-21)28(32)30-18-7-6-12-26-24(30)17-19-34-26/h1-5,8-11,13-17,19H,6-7,12,18H2,(H,29,31). The van der Waals surface area contributed by atoms with Crippen LogP contribution in [-0.2, 0) is 6.42 Å². The Kier molecular flexibility index (Phi) is 6.40. The largest absolute Gasteiger partial charge is 0.457 e. The van der Waals surface area contributed by atoms with Gasteiger partial charge in [0.05, 0.1) is 11.3 Å². The summed E-state index contributed by atoms with van der Waals surface area (Å²) in [4.78, 5) is 29.3. The van der Waals surface area contributed by atoms with Gasteiger partial charge in [-0.15, -0.1) is 11.3 Å². The van der Waals surface area contributed by atoms with E-state index in [-0.39, 0.29) is 11.8 Å². The predicted molar refractivity (Wildman–Crippen MR) is 136 cm³/mol. The average Bonchev–Trinajstić information content (AvgIpc) is 3.24. The number of amides is 2. The zero-order valence-corrected chi connectivity index (χ0v) is 19.4. The Morgan fingerprint density at radius 3 is 2.44 bits per heavy atom. The van der Waals surface area contributed by atoms with E-state index in [0.717, 1.165) is 31.5 Å². The highest BCUT2D eigenvalue weighted by Gasteiger charge is 2.23. The van der Waals surface area contributed by atoms with Crippen LogP contribution < -0.4 is 15.0 Å². The summed E-state index contributed by atoms with van der Waals surface area (Å²) in [5, 5.41) is 4.96. The van der Waals surface area contributed by atoms with Crippen molar-refractivity contribution in [2.24, 2.45) is 0 Å². The number of benzene rings is 3. The molecule has 3 aromatic carbocycles. The lowest BCUT2D eigenvalue weighted by atomic mass is 10.1. The maximum Gasteiger partial charge on any atom is 0.259 e. The molecule has 1 N–H and O–H groups in total. The molecule has 0 saturated carbocycles. The van der Waals surface area contributed by atoms with Gasteiger partial charge in [-0.1, -0.05) is 30.3 Å². The molecule has 0 saturated heterocycles. The zero-order chi connectivity index (χ0) is 23.3. The van der Waals surface area contributed by atoms with Gasteiger partial charge in [0.1, 0.15) is 11.5 Å². The van der Waals surface area contributed by atoms with Crippen molar-refractivity contribution in [3.63, 3.8) is 0 Å². The molecular formula is C28H24N2O3S.